The maximum Gasteiger partial charge on any atom is 0.245 e. The fourth-order valence-corrected chi connectivity index (χ4v) is 2.42. The minimum Gasteiger partial charge on any atom is -0.618 e. The molecule has 4 nitrogen and oxygen atoms in total. The molecule has 0 unspecified atom stereocenters. The maximum absolute atomic E-state index is 12.2. The topological polar surface area (TPSA) is 48.1 Å². The van der Waals surface area contributed by atoms with Crippen molar-refractivity contribution in [2.24, 2.45) is 5.92 Å². The molecule has 2 heterocycles. The van der Waals surface area contributed by atoms with E-state index in [9.17, 15) is 10.0 Å². The van der Waals surface area contributed by atoms with Gasteiger partial charge in [0.25, 0.3) is 0 Å². The highest BCUT2D eigenvalue weighted by molar-refractivity contribution is 5.91. The summed E-state index contributed by atoms with van der Waals surface area (Å²) in [6, 6.07) is 3.57. The molecule has 2 aliphatic rings. The summed E-state index contributed by atoms with van der Waals surface area (Å²) in [5, 5.41) is 11.9. The monoisotopic (exact) mass is 216 g/mol. The van der Waals surface area contributed by atoms with Crippen LogP contribution in [0.4, 0.5) is 0 Å². The lowest BCUT2D eigenvalue weighted by Gasteiger charge is -2.18. The summed E-state index contributed by atoms with van der Waals surface area (Å²) in [7, 11) is 0. The van der Waals surface area contributed by atoms with Crippen molar-refractivity contribution < 1.29 is 9.53 Å². The highest BCUT2D eigenvalue weighted by Gasteiger charge is 2.34. The fourth-order valence-electron chi connectivity index (χ4n) is 2.42. The van der Waals surface area contributed by atoms with E-state index in [1.165, 1.54) is 6.21 Å². The number of hydrogen-bond acceptors (Lipinski definition) is 2. The van der Waals surface area contributed by atoms with Crippen molar-refractivity contribution in [3.05, 3.63) is 41.0 Å². The molecule has 1 atom stereocenters. The lowest BCUT2D eigenvalue weighted by atomic mass is 9.91. The molecular weight excluding hydrogens is 204 g/mol. The zero-order valence-corrected chi connectivity index (χ0v) is 8.80. The van der Waals surface area contributed by atoms with Crippen LogP contribution in [0.3, 0.4) is 0 Å². The second-order valence-corrected chi connectivity index (χ2v) is 4.21. The number of hydrogen-bond donors (Lipinski definition) is 0. The van der Waals surface area contributed by atoms with Crippen LogP contribution >= 0.6 is 0 Å². The summed E-state index contributed by atoms with van der Waals surface area (Å²) in [5.41, 5.74) is 1.27. The summed E-state index contributed by atoms with van der Waals surface area (Å²) in [5.74, 6) is -0.253. The first kappa shape index (κ1) is 9.39. The zero-order chi connectivity index (χ0) is 11.1. The Morgan fingerprint density at radius 1 is 1.50 bits per heavy atom. The van der Waals surface area contributed by atoms with Crippen LogP contribution in [0.2, 0.25) is 0 Å². The van der Waals surface area contributed by atoms with Crippen LogP contribution in [0.1, 0.15) is 29.8 Å². The zero-order valence-electron chi connectivity index (χ0n) is 8.80. The van der Waals surface area contributed by atoms with Gasteiger partial charge in [-0.25, -0.2) is 0 Å². The molecule has 0 saturated carbocycles. The van der Waals surface area contributed by atoms with Gasteiger partial charge in [-0.3, -0.25) is 9.36 Å². The van der Waals surface area contributed by atoms with E-state index in [0.29, 0.717) is 11.4 Å². The molecule has 0 N–H and O–H groups in total. The lowest BCUT2D eigenvalue weighted by Crippen LogP contribution is -2.26. The van der Waals surface area contributed by atoms with E-state index in [1.54, 1.807) is 22.9 Å². The summed E-state index contributed by atoms with van der Waals surface area (Å²) in [6.45, 7) is 0. The van der Waals surface area contributed by atoms with Gasteiger partial charge in [-0.05, 0) is 37.5 Å². The summed E-state index contributed by atoms with van der Waals surface area (Å²) in [6.07, 6.45) is 7.73. The van der Waals surface area contributed by atoms with Crippen LogP contribution in [-0.2, 0) is 0 Å². The lowest BCUT2D eigenvalue weighted by molar-refractivity contribution is -0.403. The number of nitrogens with zero attached hydrogens (tertiary/aromatic N) is 2. The molecule has 0 bridgehead atoms. The van der Waals surface area contributed by atoms with Crippen LogP contribution < -0.4 is 0 Å². The smallest absolute Gasteiger partial charge is 0.245 e. The number of carbonyl (C=O) groups excluding carboxylic acids is 1. The van der Waals surface area contributed by atoms with Gasteiger partial charge in [0.1, 0.15) is 11.6 Å². The average Bonchev–Trinajstić information content (AvgIpc) is 2.72. The third kappa shape index (κ3) is 1.23. The van der Waals surface area contributed by atoms with E-state index in [1.807, 2.05) is 6.08 Å². The minimum absolute atomic E-state index is 0.0144. The number of allylic oxidation sites excluding steroid dienone is 2. The van der Waals surface area contributed by atoms with E-state index >= 15 is 0 Å². The minimum atomic E-state index is -0.267. The molecule has 3 rings (SSSR count). The predicted octanol–water partition coefficient (Wildman–Crippen LogP) is 1.76. The number of rotatable bonds is 0. The Bertz CT molecular complexity index is 511. The Morgan fingerprint density at radius 2 is 2.38 bits per heavy atom. The van der Waals surface area contributed by atoms with Crippen molar-refractivity contribution in [2.75, 3.05) is 0 Å². The van der Waals surface area contributed by atoms with Crippen molar-refractivity contribution >= 4 is 12.1 Å². The van der Waals surface area contributed by atoms with Crippen LogP contribution in [0.25, 0.3) is 0 Å². The fraction of sp³-hybridized carbons (Fsp3) is 0.333. The largest absolute Gasteiger partial charge is 0.618 e. The summed E-state index contributed by atoms with van der Waals surface area (Å²) in [4.78, 5) is 12.2. The SMILES string of the molecule is O=C1[C@H]2CCCC=C2[N+]([O-])=Cc2cccn21. The van der Waals surface area contributed by atoms with E-state index in [4.69, 9.17) is 0 Å². The molecule has 0 amide bonds. The third-order valence-electron chi connectivity index (χ3n) is 3.23. The second kappa shape index (κ2) is 3.33. The molecule has 0 aromatic carbocycles. The van der Waals surface area contributed by atoms with Gasteiger partial charge < -0.3 is 5.21 Å². The van der Waals surface area contributed by atoms with Gasteiger partial charge in [0, 0.05) is 6.20 Å². The normalized spacial score (nSPS) is 24.0. The Balaban J connectivity index is 2.19. The number of carbonyl (C=O) groups is 1. The van der Waals surface area contributed by atoms with Gasteiger partial charge in [0.05, 0.1) is 0 Å². The molecule has 0 spiro atoms. The van der Waals surface area contributed by atoms with Crippen molar-refractivity contribution in [1.82, 2.24) is 4.57 Å². The summed E-state index contributed by atoms with van der Waals surface area (Å²) >= 11 is 0. The van der Waals surface area contributed by atoms with Gasteiger partial charge in [0.15, 0.2) is 0 Å². The molecule has 4 heteroatoms. The van der Waals surface area contributed by atoms with Crippen LogP contribution in [-0.4, -0.2) is 21.4 Å². The molecule has 1 aliphatic carbocycles. The number of fused-ring (bicyclic) bond motifs is 2. The molecule has 16 heavy (non-hydrogen) atoms. The Hall–Kier alpha value is -1.84. The number of hydroxylamine groups is 1. The van der Waals surface area contributed by atoms with Crippen molar-refractivity contribution in [3.8, 4) is 0 Å². The van der Waals surface area contributed by atoms with E-state index in [-0.39, 0.29) is 11.8 Å². The first-order valence-electron chi connectivity index (χ1n) is 5.50. The Labute approximate surface area is 93.1 Å². The van der Waals surface area contributed by atoms with E-state index < -0.39 is 0 Å². The molecule has 1 aromatic heterocycles. The average molecular weight is 216 g/mol. The predicted molar refractivity (Wildman–Crippen MR) is 59.3 cm³/mol. The molecule has 0 saturated heterocycles. The first-order valence-corrected chi connectivity index (χ1v) is 5.50. The Kier molecular flexibility index (Phi) is 1.96. The molecule has 1 aromatic rings. The van der Waals surface area contributed by atoms with Gasteiger partial charge in [0.2, 0.25) is 17.8 Å². The quantitative estimate of drug-likeness (QED) is 0.490. The van der Waals surface area contributed by atoms with Gasteiger partial charge in [-0.1, -0.05) is 0 Å². The standard InChI is InChI=1S/C12H12N2O2/c15-12-10-5-1-2-6-11(10)14(16)8-9-4-3-7-13(9)12/h3-4,6-8,10H,1-2,5H2/t10-/m0/s1. The molecule has 82 valence electrons. The highest BCUT2D eigenvalue weighted by atomic mass is 16.5. The third-order valence-corrected chi connectivity index (χ3v) is 3.23. The highest BCUT2D eigenvalue weighted by Crippen LogP contribution is 2.28. The second-order valence-electron chi connectivity index (χ2n) is 4.21. The molecule has 0 radical (unpaired) electrons. The Morgan fingerprint density at radius 3 is 3.25 bits per heavy atom. The maximum atomic E-state index is 12.2. The molecule has 0 fully saturated rings. The van der Waals surface area contributed by atoms with Crippen LogP contribution in [0.5, 0.6) is 0 Å². The van der Waals surface area contributed by atoms with Gasteiger partial charge >= 0.3 is 0 Å². The first-order chi connectivity index (χ1) is 7.77. The van der Waals surface area contributed by atoms with Crippen molar-refractivity contribution in [3.63, 3.8) is 0 Å². The summed E-state index contributed by atoms with van der Waals surface area (Å²) < 4.78 is 2.42. The van der Waals surface area contributed by atoms with Crippen molar-refractivity contribution in [1.29, 1.82) is 0 Å². The van der Waals surface area contributed by atoms with E-state index in [0.717, 1.165) is 24.0 Å². The van der Waals surface area contributed by atoms with Gasteiger partial charge in [-0.15, -0.1) is 0 Å². The van der Waals surface area contributed by atoms with Crippen LogP contribution in [0.15, 0.2) is 30.1 Å². The van der Waals surface area contributed by atoms with E-state index in [2.05, 4.69) is 0 Å². The molecular formula is C12H12N2O2. The number of aromatic nitrogens is 1. The molecule has 1 aliphatic heterocycles. The van der Waals surface area contributed by atoms with Gasteiger partial charge in [-0.2, -0.15) is 4.74 Å². The van der Waals surface area contributed by atoms with Crippen molar-refractivity contribution in [2.45, 2.75) is 19.3 Å². The van der Waals surface area contributed by atoms with Crippen LogP contribution in [0, 0.1) is 11.1 Å².